The zero-order chi connectivity index (χ0) is 20.2. The second kappa shape index (κ2) is 8.45. The van der Waals surface area contributed by atoms with Crippen molar-refractivity contribution >= 4 is 33.9 Å². The number of rotatable bonds is 6. The molecule has 29 heavy (non-hydrogen) atoms. The topological polar surface area (TPSA) is 46.4 Å². The highest BCUT2D eigenvalue weighted by molar-refractivity contribution is 7.12. The van der Waals surface area contributed by atoms with Crippen LogP contribution in [0.15, 0.2) is 77.2 Å². The third kappa shape index (κ3) is 4.15. The van der Waals surface area contributed by atoms with E-state index < -0.39 is 0 Å². The third-order valence-corrected chi connectivity index (χ3v) is 6.09. The maximum Gasteiger partial charge on any atom is 0.244 e. The van der Waals surface area contributed by atoms with Crippen LogP contribution in [0.4, 0.5) is 0 Å². The maximum absolute atomic E-state index is 12.6. The summed E-state index contributed by atoms with van der Waals surface area (Å²) in [7, 11) is 0. The molecule has 146 valence electrons. The largest absolute Gasteiger partial charge is 0.340 e. The molecule has 0 fully saturated rings. The van der Waals surface area contributed by atoms with Gasteiger partial charge < -0.3 is 4.57 Å². The number of carbonyl (C=O) groups is 1. The van der Waals surface area contributed by atoms with Crippen molar-refractivity contribution < 1.29 is 4.79 Å². The number of para-hydroxylation sites is 1. The van der Waals surface area contributed by atoms with Gasteiger partial charge in [-0.3, -0.25) is 4.79 Å². The first-order valence-corrected chi connectivity index (χ1v) is 10.5. The van der Waals surface area contributed by atoms with Crippen molar-refractivity contribution in [1.82, 2.24) is 9.99 Å². The van der Waals surface area contributed by atoms with Gasteiger partial charge in [0.05, 0.1) is 12.1 Å². The van der Waals surface area contributed by atoms with Crippen molar-refractivity contribution in [2.75, 3.05) is 0 Å². The molecule has 4 rings (SSSR count). The number of nitrogens with zero attached hydrogens (tertiary/aromatic N) is 2. The molecular weight excluding hydrogens is 378 g/mol. The Kier molecular flexibility index (Phi) is 5.58. The summed E-state index contributed by atoms with van der Waals surface area (Å²) in [6.07, 6.45) is 0.301. The molecule has 0 unspecified atom stereocenters. The highest BCUT2D eigenvalue weighted by Crippen LogP contribution is 2.27. The zero-order valence-electron chi connectivity index (χ0n) is 16.6. The van der Waals surface area contributed by atoms with Crippen molar-refractivity contribution in [3.8, 4) is 0 Å². The zero-order valence-corrected chi connectivity index (χ0v) is 17.4. The van der Waals surface area contributed by atoms with Crippen LogP contribution in [0.25, 0.3) is 10.9 Å². The molecule has 0 bridgehead atoms. The lowest BCUT2D eigenvalue weighted by molar-refractivity contribution is -0.120. The molecule has 4 aromatic rings. The molecule has 0 saturated carbocycles. The standard InChI is InChI=1S/C24H23N3OS/c1-17(23-13-8-14-29-23)25-26-24(28)15-21-18(2)27(16-19-9-4-3-5-10-19)22-12-7-6-11-20(21)22/h3-14H,15-16H2,1-2H3,(H,26,28)/b25-17-. The van der Waals surface area contributed by atoms with E-state index in [0.717, 1.165) is 39.3 Å². The molecule has 0 aliphatic heterocycles. The van der Waals surface area contributed by atoms with E-state index in [1.54, 1.807) is 11.3 Å². The minimum Gasteiger partial charge on any atom is -0.340 e. The molecule has 1 amide bonds. The summed E-state index contributed by atoms with van der Waals surface area (Å²) in [5.74, 6) is -0.105. The molecular formula is C24H23N3OS. The van der Waals surface area contributed by atoms with Gasteiger partial charge in [0.15, 0.2) is 0 Å². The predicted molar refractivity (Wildman–Crippen MR) is 121 cm³/mol. The lowest BCUT2D eigenvalue weighted by Crippen LogP contribution is -2.21. The molecule has 2 heterocycles. The SMILES string of the molecule is C/C(=N/NC(=O)Cc1c(C)n(Cc2ccccc2)c2ccccc12)c1cccs1. The van der Waals surface area contributed by atoms with Gasteiger partial charge in [-0.2, -0.15) is 5.10 Å². The van der Waals surface area contributed by atoms with Crippen molar-refractivity contribution in [3.05, 3.63) is 93.8 Å². The summed E-state index contributed by atoms with van der Waals surface area (Å²) in [6.45, 7) is 4.78. The van der Waals surface area contributed by atoms with Crippen LogP contribution in [0.2, 0.25) is 0 Å². The second-order valence-corrected chi connectivity index (χ2v) is 7.99. The van der Waals surface area contributed by atoms with Crippen LogP contribution in [-0.4, -0.2) is 16.2 Å². The fourth-order valence-electron chi connectivity index (χ4n) is 3.58. The molecule has 4 nitrogen and oxygen atoms in total. The van der Waals surface area contributed by atoms with Gasteiger partial charge in [0.1, 0.15) is 0 Å². The van der Waals surface area contributed by atoms with Gasteiger partial charge in [0.25, 0.3) is 0 Å². The van der Waals surface area contributed by atoms with Gasteiger partial charge in [-0.05, 0) is 42.5 Å². The van der Waals surface area contributed by atoms with E-state index in [4.69, 9.17) is 0 Å². The van der Waals surface area contributed by atoms with Crippen LogP contribution < -0.4 is 5.43 Å². The van der Waals surface area contributed by atoms with E-state index in [-0.39, 0.29) is 5.91 Å². The number of aromatic nitrogens is 1. The number of amides is 1. The van der Waals surface area contributed by atoms with Gasteiger partial charge in [0.2, 0.25) is 5.91 Å². The maximum atomic E-state index is 12.6. The number of hydrogen-bond acceptors (Lipinski definition) is 3. The number of hydrazone groups is 1. The Hall–Kier alpha value is -3.18. The van der Waals surface area contributed by atoms with E-state index in [1.165, 1.54) is 5.56 Å². The van der Waals surface area contributed by atoms with Crippen LogP contribution in [0, 0.1) is 6.92 Å². The summed E-state index contributed by atoms with van der Waals surface area (Å²) in [5, 5.41) is 7.39. The van der Waals surface area contributed by atoms with Gasteiger partial charge in [0, 0.05) is 28.0 Å². The van der Waals surface area contributed by atoms with Gasteiger partial charge >= 0.3 is 0 Å². The summed E-state index contributed by atoms with van der Waals surface area (Å²) >= 11 is 1.61. The van der Waals surface area contributed by atoms with Crippen LogP contribution in [0.1, 0.15) is 28.6 Å². The highest BCUT2D eigenvalue weighted by atomic mass is 32.1. The second-order valence-electron chi connectivity index (χ2n) is 7.04. The quantitative estimate of drug-likeness (QED) is 0.353. The Morgan fingerprint density at radius 1 is 1.03 bits per heavy atom. The molecule has 2 aromatic carbocycles. The average Bonchev–Trinajstić information content (AvgIpc) is 3.37. The Labute approximate surface area is 174 Å². The van der Waals surface area contributed by atoms with E-state index in [0.29, 0.717) is 6.42 Å². The summed E-state index contributed by atoms with van der Waals surface area (Å²) in [4.78, 5) is 13.7. The Morgan fingerprint density at radius 3 is 2.55 bits per heavy atom. The minimum absolute atomic E-state index is 0.105. The van der Waals surface area contributed by atoms with E-state index in [9.17, 15) is 4.79 Å². The molecule has 5 heteroatoms. The monoisotopic (exact) mass is 401 g/mol. The first-order valence-electron chi connectivity index (χ1n) is 9.61. The molecule has 0 aliphatic rings. The predicted octanol–water partition coefficient (Wildman–Crippen LogP) is 5.14. The summed E-state index contributed by atoms with van der Waals surface area (Å²) in [6, 6.07) is 22.6. The van der Waals surface area contributed by atoms with Crippen LogP contribution in [-0.2, 0) is 17.8 Å². The molecule has 0 radical (unpaired) electrons. The van der Waals surface area contributed by atoms with Gasteiger partial charge in [-0.1, -0.05) is 54.6 Å². The number of thiophene rings is 1. The highest BCUT2D eigenvalue weighted by Gasteiger charge is 2.16. The van der Waals surface area contributed by atoms with Gasteiger partial charge in [-0.25, -0.2) is 5.43 Å². The van der Waals surface area contributed by atoms with Crippen LogP contribution >= 0.6 is 11.3 Å². The minimum atomic E-state index is -0.105. The van der Waals surface area contributed by atoms with Crippen LogP contribution in [0.5, 0.6) is 0 Å². The van der Waals surface area contributed by atoms with Crippen molar-refractivity contribution in [2.45, 2.75) is 26.8 Å². The van der Waals surface area contributed by atoms with E-state index in [2.05, 4.69) is 58.4 Å². The number of carbonyl (C=O) groups excluding carboxylic acids is 1. The first kappa shape index (κ1) is 19.2. The Balaban J connectivity index is 1.59. The lowest BCUT2D eigenvalue weighted by Gasteiger charge is -2.09. The van der Waals surface area contributed by atoms with Crippen LogP contribution in [0.3, 0.4) is 0 Å². The smallest absolute Gasteiger partial charge is 0.244 e. The number of fused-ring (bicyclic) bond motifs is 1. The average molecular weight is 402 g/mol. The Bertz CT molecular complexity index is 1160. The fourth-order valence-corrected chi connectivity index (χ4v) is 4.26. The molecule has 1 N–H and O–H groups in total. The normalized spacial score (nSPS) is 11.7. The summed E-state index contributed by atoms with van der Waals surface area (Å²) in [5.41, 5.74) is 8.09. The van der Waals surface area contributed by atoms with Gasteiger partial charge in [-0.15, -0.1) is 11.3 Å². The molecule has 0 saturated heterocycles. The number of hydrogen-bond donors (Lipinski definition) is 1. The first-order chi connectivity index (χ1) is 14.1. The van der Waals surface area contributed by atoms with Crippen molar-refractivity contribution in [2.24, 2.45) is 5.10 Å². The molecule has 0 atom stereocenters. The fraction of sp³-hybridized carbons (Fsp3) is 0.167. The third-order valence-electron chi connectivity index (χ3n) is 5.11. The summed E-state index contributed by atoms with van der Waals surface area (Å²) < 4.78 is 2.29. The van der Waals surface area contributed by atoms with Crippen molar-refractivity contribution in [3.63, 3.8) is 0 Å². The Morgan fingerprint density at radius 2 is 1.79 bits per heavy atom. The lowest BCUT2D eigenvalue weighted by atomic mass is 10.1. The van der Waals surface area contributed by atoms with E-state index >= 15 is 0 Å². The number of benzene rings is 2. The van der Waals surface area contributed by atoms with E-state index in [1.807, 2.05) is 42.6 Å². The molecule has 0 aliphatic carbocycles. The number of nitrogens with one attached hydrogen (secondary N) is 1. The molecule has 0 spiro atoms. The molecule has 2 aromatic heterocycles. The van der Waals surface area contributed by atoms with Crippen molar-refractivity contribution in [1.29, 1.82) is 0 Å².